The van der Waals surface area contributed by atoms with Gasteiger partial charge in [-0.3, -0.25) is 4.79 Å². The van der Waals surface area contributed by atoms with E-state index in [9.17, 15) is 13.6 Å². The first-order chi connectivity index (χ1) is 8.39. The number of nitrogens with one attached hydrogen (secondary N) is 1. The molecule has 4 nitrogen and oxygen atoms in total. The molecule has 1 amide bonds. The van der Waals surface area contributed by atoms with E-state index in [1.54, 1.807) is 12.1 Å². The Morgan fingerprint density at radius 3 is 2.78 bits per heavy atom. The second kappa shape index (κ2) is 6.10. The summed E-state index contributed by atoms with van der Waals surface area (Å²) in [5, 5.41) is 2.12. The molecule has 0 aromatic heterocycles. The maximum absolute atomic E-state index is 12.9. The Balaban J connectivity index is 2.79. The monoisotopic (exact) mass is 322 g/mol. The van der Waals surface area contributed by atoms with E-state index in [4.69, 9.17) is 10.5 Å². The molecule has 0 bridgehead atoms. The molecule has 1 aromatic rings. The standard InChI is InChI=1S/C11H13BrF2N2O2/c1-18-9-4-7(12)2-3-8(9)10(17)16-6-11(13,14)5-15/h2-4H,5-6,15H2,1H3,(H,16,17). The largest absolute Gasteiger partial charge is 0.496 e. The summed E-state index contributed by atoms with van der Waals surface area (Å²) in [6.45, 7) is -1.62. The van der Waals surface area contributed by atoms with Crippen molar-refractivity contribution in [2.45, 2.75) is 5.92 Å². The fourth-order valence-electron chi connectivity index (χ4n) is 1.23. The third kappa shape index (κ3) is 3.92. The van der Waals surface area contributed by atoms with Gasteiger partial charge in [0.15, 0.2) is 0 Å². The van der Waals surface area contributed by atoms with Crippen molar-refractivity contribution in [1.82, 2.24) is 5.32 Å². The van der Waals surface area contributed by atoms with Gasteiger partial charge in [-0.2, -0.15) is 0 Å². The van der Waals surface area contributed by atoms with Crippen molar-refractivity contribution in [3.05, 3.63) is 28.2 Å². The maximum atomic E-state index is 12.9. The highest BCUT2D eigenvalue weighted by atomic mass is 79.9. The van der Waals surface area contributed by atoms with Gasteiger partial charge in [0, 0.05) is 4.47 Å². The van der Waals surface area contributed by atoms with Crippen molar-refractivity contribution in [2.75, 3.05) is 20.2 Å². The highest BCUT2D eigenvalue weighted by Gasteiger charge is 2.27. The number of amides is 1. The number of carbonyl (C=O) groups is 1. The molecule has 1 aromatic carbocycles. The van der Waals surface area contributed by atoms with Gasteiger partial charge < -0.3 is 15.8 Å². The van der Waals surface area contributed by atoms with Gasteiger partial charge >= 0.3 is 0 Å². The van der Waals surface area contributed by atoms with Gasteiger partial charge in [0.05, 0.1) is 25.8 Å². The van der Waals surface area contributed by atoms with Crippen molar-refractivity contribution in [2.24, 2.45) is 5.73 Å². The van der Waals surface area contributed by atoms with Crippen molar-refractivity contribution in [3.8, 4) is 5.75 Å². The first kappa shape index (κ1) is 14.8. The van der Waals surface area contributed by atoms with Crippen LogP contribution in [0.3, 0.4) is 0 Å². The molecule has 18 heavy (non-hydrogen) atoms. The minimum atomic E-state index is -3.11. The Morgan fingerprint density at radius 1 is 1.56 bits per heavy atom. The molecule has 0 radical (unpaired) electrons. The van der Waals surface area contributed by atoms with E-state index in [1.807, 2.05) is 0 Å². The summed E-state index contributed by atoms with van der Waals surface area (Å²) in [4.78, 5) is 11.7. The van der Waals surface area contributed by atoms with Crippen LogP contribution in [0.4, 0.5) is 8.78 Å². The summed E-state index contributed by atoms with van der Waals surface area (Å²) in [6, 6.07) is 4.69. The molecule has 0 spiro atoms. The predicted octanol–water partition coefficient (Wildman–Crippen LogP) is 1.78. The minimum absolute atomic E-state index is 0.188. The average molecular weight is 323 g/mol. The number of alkyl halides is 2. The van der Waals surface area contributed by atoms with Crippen LogP contribution >= 0.6 is 15.9 Å². The van der Waals surface area contributed by atoms with Gasteiger partial charge in [-0.1, -0.05) is 15.9 Å². The minimum Gasteiger partial charge on any atom is -0.496 e. The number of carbonyl (C=O) groups excluding carboxylic acids is 1. The van der Waals surface area contributed by atoms with Gasteiger partial charge in [0.2, 0.25) is 0 Å². The van der Waals surface area contributed by atoms with Crippen molar-refractivity contribution < 1.29 is 18.3 Å². The topological polar surface area (TPSA) is 64.3 Å². The molecule has 3 N–H and O–H groups in total. The summed E-state index contributed by atoms with van der Waals surface area (Å²) < 4.78 is 31.5. The van der Waals surface area contributed by atoms with Crippen LogP contribution in [-0.2, 0) is 0 Å². The highest BCUT2D eigenvalue weighted by Crippen LogP contribution is 2.23. The summed E-state index contributed by atoms with van der Waals surface area (Å²) in [7, 11) is 1.40. The highest BCUT2D eigenvalue weighted by molar-refractivity contribution is 9.10. The number of rotatable bonds is 5. The SMILES string of the molecule is COc1cc(Br)ccc1C(=O)NCC(F)(F)CN. The summed E-state index contributed by atoms with van der Waals surface area (Å²) in [5.74, 6) is -3.44. The average Bonchev–Trinajstić information content (AvgIpc) is 2.36. The zero-order valence-corrected chi connectivity index (χ0v) is 11.3. The molecule has 0 aliphatic carbocycles. The molecule has 0 aliphatic heterocycles. The summed E-state index contributed by atoms with van der Waals surface area (Å²) in [6.07, 6.45) is 0. The molecule has 0 atom stereocenters. The number of ether oxygens (including phenoxy) is 1. The van der Waals surface area contributed by atoms with Gasteiger partial charge in [0.25, 0.3) is 11.8 Å². The van der Waals surface area contributed by atoms with Crippen LogP contribution in [0.1, 0.15) is 10.4 Å². The molecule has 7 heteroatoms. The molecule has 0 heterocycles. The number of methoxy groups -OCH3 is 1. The van der Waals surface area contributed by atoms with Crippen LogP contribution in [0.5, 0.6) is 5.75 Å². The normalized spacial score (nSPS) is 11.2. The zero-order chi connectivity index (χ0) is 13.8. The van der Waals surface area contributed by atoms with Crippen molar-refractivity contribution >= 4 is 21.8 Å². The number of benzene rings is 1. The number of halogens is 3. The van der Waals surface area contributed by atoms with Gasteiger partial charge in [-0.15, -0.1) is 0 Å². The van der Waals surface area contributed by atoms with E-state index in [1.165, 1.54) is 13.2 Å². The van der Waals surface area contributed by atoms with Crippen LogP contribution in [0.15, 0.2) is 22.7 Å². The fourth-order valence-corrected chi connectivity index (χ4v) is 1.57. The Kier molecular flexibility index (Phi) is 5.03. The Bertz CT molecular complexity index is 441. The van der Waals surface area contributed by atoms with Crippen LogP contribution in [-0.4, -0.2) is 32.0 Å². The van der Waals surface area contributed by atoms with E-state index < -0.39 is 24.9 Å². The number of hydrogen-bond acceptors (Lipinski definition) is 3. The molecule has 0 saturated carbocycles. The van der Waals surface area contributed by atoms with Crippen LogP contribution in [0, 0.1) is 0 Å². The second-order valence-electron chi connectivity index (χ2n) is 3.59. The van der Waals surface area contributed by atoms with E-state index in [-0.39, 0.29) is 5.56 Å². The molecule has 0 unspecified atom stereocenters. The maximum Gasteiger partial charge on any atom is 0.277 e. The molecule has 0 saturated heterocycles. The summed E-state index contributed by atoms with van der Waals surface area (Å²) >= 11 is 3.22. The summed E-state index contributed by atoms with van der Waals surface area (Å²) in [5.41, 5.74) is 5.06. The predicted molar refractivity (Wildman–Crippen MR) is 67.0 cm³/mol. The van der Waals surface area contributed by atoms with Gasteiger partial charge in [-0.05, 0) is 18.2 Å². The van der Waals surface area contributed by atoms with E-state index in [2.05, 4.69) is 21.2 Å². The number of nitrogens with two attached hydrogens (primary N) is 1. The van der Waals surface area contributed by atoms with Gasteiger partial charge in [-0.25, -0.2) is 8.78 Å². The Hall–Kier alpha value is -1.21. The third-order valence-electron chi connectivity index (χ3n) is 2.21. The van der Waals surface area contributed by atoms with E-state index in [0.29, 0.717) is 5.75 Å². The van der Waals surface area contributed by atoms with Crippen LogP contribution in [0.25, 0.3) is 0 Å². The third-order valence-corrected chi connectivity index (χ3v) is 2.71. The fraction of sp³-hybridized carbons (Fsp3) is 0.364. The molecule has 1 rings (SSSR count). The Morgan fingerprint density at radius 2 is 2.22 bits per heavy atom. The molecule has 100 valence electrons. The lowest BCUT2D eigenvalue weighted by molar-refractivity contribution is 0.0118. The quantitative estimate of drug-likeness (QED) is 0.868. The lowest BCUT2D eigenvalue weighted by Crippen LogP contribution is -2.41. The van der Waals surface area contributed by atoms with E-state index in [0.717, 1.165) is 4.47 Å². The first-order valence-corrected chi connectivity index (χ1v) is 5.88. The molecular weight excluding hydrogens is 310 g/mol. The van der Waals surface area contributed by atoms with E-state index >= 15 is 0 Å². The first-order valence-electron chi connectivity index (χ1n) is 5.09. The zero-order valence-electron chi connectivity index (χ0n) is 9.67. The lowest BCUT2D eigenvalue weighted by atomic mass is 10.2. The lowest BCUT2D eigenvalue weighted by Gasteiger charge is -2.15. The Labute approximate surface area is 112 Å². The van der Waals surface area contributed by atoms with Crippen molar-refractivity contribution in [3.63, 3.8) is 0 Å². The van der Waals surface area contributed by atoms with Crippen LogP contribution in [0.2, 0.25) is 0 Å². The second-order valence-corrected chi connectivity index (χ2v) is 4.50. The molecular formula is C11H13BrF2N2O2. The molecule has 0 fully saturated rings. The van der Waals surface area contributed by atoms with Crippen LogP contribution < -0.4 is 15.8 Å². The smallest absolute Gasteiger partial charge is 0.277 e. The van der Waals surface area contributed by atoms with Crippen molar-refractivity contribution in [1.29, 1.82) is 0 Å². The number of hydrogen-bond donors (Lipinski definition) is 2. The van der Waals surface area contributed by atoms with Gasteiger partial charge in [0.1, 0.15) is 5.75 Å². The molecule has 0 aliphatic rings.